The minimum atomic E-state index is 0.230. The van der Waals surface area contributed by atoms with Crippen molar-refractivity contribution < 1.29 is 9.53 Å². The van der Waals surface area contributed by atoms with E-state index in [1.807, 2.05) is 30.0 Å². The number of para-hydroxylation sites is 1. The molecular weight excluding hydrogens is 372 g/mol. The number of piperidine rings is 1. The second-order valence-electron chi connectivity index (χ2n) is 8.08. The van der Waals surface area contributed by atoms with Crippen molar-refractivity contribution in [3.05, 3.63) is 66.2 Å². The topological polar surface area (TPSA) is 32.8 Å². The highest BCUT2D eigenvalue weighted by Gasteiger charge is 2.28. The normalized spacial score (nSPS) is 17.2. The molecule has 0 aromatic heterocycles. The molecule has 0 aliphatic carbocycles. The SMILES string of the molecule is C1CCOC1.CCC(=O)N(c1ccccc1)C1CCN(CCc2ccccc2)CC1. The summed E-state index contributed by atoms with van der Waals surface area (Å²) >= 11 is 0. The van der Waals surface area contributed by atoms with Crippen molar-refractivity contribution in [2.45, 2.75) is 51.5 Å². The van der Waals surface area contributed by atoms with Gasteiger partial charge in [-0.1, -0.05) is 55.5 Å². The Morgan fingerprint density at radius 1 is 0.967 bits per heavy atom. The average Bonchev–Trinajstić information content (AvgIpc) is 3.40. The third kappa shape index (κ3) is 6.96. The molecule has 162 valence electrons. The fraction of sp³-hybridized carbons (Fsp3) is 0.500. The summed E-state index contributed by atoms with van der Waals surface area (Å²) < 4.78 is 4.94. The number of nitrogens with zero attached hydrogens (tertiary/aromatic N) is 2. The van der Waals surface area contributed by atoms with Gasteiger partial charge in [-0.15, -0.1) is 0 Å². The molecule has 2 aromatic rings. The Hall–Kier alpha value is -2.17. The van der Waals surface area contributed by atoms with Gasteiger partial charge in [-0.05, 0) is 49.8 Å². The molecule has 0 saturated carbocycles. The van der Waals surface area contributed by atoms with Crippen LogP contribution in [0.15, 0.2) is 60.7 Å². The Kier molecular flexibility index (Phi) is 9.39. The van der Waals surface area contributed by atoms with Gasteiger partial charge in [0.25, 0.3) is 0 Å². The van der Waals surface area contributed by atoms with Gasteiger partial charge >= 0.3 is 0 Å². The van der Waals surface area contributed by atoms with E-state index in [1.165, 1.54) is 18.4 Å². The summed E-state index contributed by atoms with van der Waals surface area (Å²) in [7, 11) is 0. The monoisotopic (exact) mass is 408 g/mol. The maximum absolute atomic E-state index is 12.5. The summed E-state index contributed by atoms with van der Waals surface area (Å²) in [6.07, 6.45) is 6.32. The van der Waals surface area contributed by atoms with E-state index in [9.17, 15) is 4.79 Å². The molecule has 0 spiro atoms. The summed E-state index contributed by atoms with van der Waals surface area (Å²) in [5.41, 5.74) is 2.44. The Morgan fingerprint density at radius 2 is 1.57 bits per heavy atom. The number of hydrogen-bond acceptors (Lipinski definition) is 3. The fourth-order valence-electron chi connectivity index (χ4n) is 4.16. The van der Waals surface area contributed by atoms with Crippen LogP contribution in [0, 0.1) is 0 Å². The van der Waals surface area contributed by atoms with E-state index in [4.69, 9.17) is 4.74 Å². The third-order valence-electron chi connectivity index (χ3n) is 5.91. The zero-order chi connectivity index (χ0) is 21.0. The summed E-state index contributed by atoms with van der Waals surface area (Å²) in [6, 6.07) is 21.1. The summed E-state index contributed by atoms with van der Waals surface area (Å²) in [4.78, 5) is 17.1. The van der Waals surface area contributed by atoms with Gasteiger partial charge in [0.1, 0.15) is 0 Å². The number of benzene rings is 2. The highest BCUT2D eigenvalue weighted by Crippen LogP contribution is 2.24. The van der Waals surface area contributed by atoms with Gasteiger partial charge in [0, 0.05) is 51.0 Å². The summed E-state index contributed by atoms with van der Waals surface area (Å²) in [6.45, 7) is 7.19. The van der Waals surface area contributed by atoms with Crippen LogP contribution in [0.1, 0.15) is 44.6 Å². The highest BCUT2D eigenvalue weighted by atomic mass is 16.5. The van der Waals surface area contributed by atoms with Crippen molar-refractivity contribution in [3.8, 4) is 0 Å². The fourth-order valence-corrected chi connectivity index (χ4v) is 4.16. The lowest BCUT2D eigenvalue weighted by Gasteiger charge is -2.38. The van der Waals surface area contributed by atoms with Gasteiger partial charge in [0.2, 0.25) is 5.91 Å². The van der Waals surface area contributed by atoms with Crippen LogP contribution in [0.25, 0.3) is 0 Å². The van der Waals surface area contributed by atoms with Crippen molar-refractivity contribution in [2.24, 2.45) is 0 Å². The first kappa shape index (κ1) is 22.5. The molecule has 4 nitrogen and oxygen atoms in total. The second kappa shape index (κ2) is 12.5. The summed E-state index contributed by atoms with van der Waals surface area (Å²) in [5.74, 6) is 0.230. The molecule has 0 N–H and O–H groups in total. The first-order valence-corrected chi connectivity index (χ1v) is 11.5. The molecule has 2 aliphatic rings. The smallest absolute Gasteiger partial charge is 0.226 e. The molecule has 4 rings (SSSR count). The van der Waals surface area contributed by atoms with E-state index in [0.29, 0.717) is 12.5 Å². The summed E-state index contributed by atoms with van der Waals surface area (Å²) in [5, 5.41) is 0. The van der Waals surface area contributed by atoms with E-state index in [0.717, 1.165) is 57.8 Å². The molecule has 2 aliphatic heterocycles. The van der Waals surface area contributed by atoms with Gasteiger partial charge in [-0.3, -0.25) is 4.79 Å². The number of ether oxygens (including phenoxy) is 1. The predicted molar refractivity (Wildman–Crippen MR) is 124 cm³/mol. The van der Waals surface area contributed by atoms with Gasteiger partial charge in [-0.2, -0.15) is 0 Å². The number of anilines is 1. The van der Waals surface area contributed by atoms with Crippen LogP contribution < -0.4 is 4.90 Å². The van der Waals surface area contributed by atoms with Gasteiger partial charge < -0.3 is 14.5 Å². The Labute approximate surface area is 181 Å². The molecule has 1 amide bonds. The van der Waals surface area contributed by atoms with Gasteiger partial charge in [0.05, 0.1) is 0 Å². The van der Waals surface area contributed by atoms with Crippen molar-refractivity contribution in [3.63, 3.8) is 0 Å². The first-order chi connectivity index (χ1) is 14.8. The molecule has 0 atom stereocenters. The molecule has 2 fully saturated rings. The quantitative estimate of drug-likeness (QED) is 0.679. The van der Waals surface area contributed by atoms with Crippen LogP contribution in [0.2, 0.25) is 0 Å². The van der Waals surface area contributed by atoms with Crippen molar-refractivity contribution in [2.75, 3.05) is 37.7 Å². The van der Waals surface area contributed by atoms with Crippen LogP contribution >= 0.6 is 0 Å². The van der Waals surface area contributed by atoms with E-state index in [1.54, 1.807) is 0 Å². The predicted octanol–water partition coefficient (Wildman–Crippen LogP) is 4.93. The van der Waals surface area contributed by atoms with Crippen LogP contribution in [0.4, 0.5) is 5.69 Å². The number of carbonyl (C=O) groups is 1. The zero-order valence-electron chi connectivity index (χ0n) is 18.3. The lowest BCUT2D eigenvalue weighted by atomic mass is 10.0. The maximum atomic E-state index is 12.5. The molecule has 4 heteroatoms. The van der Waals surface area contributed by atoms with E-state index >= 15 is 0 Å². The molecule has 0 bridgehead atoms. The van der Waals surface area contributed by atoms with Crippen LogP contribution in [0.5, 0.6) is 0 Å². The molecular formula is C26H36N2O2. The Balaban J connectivity index is 0.000000448. The molecule has 2 aromatic carbocycles. The highest BCUT2D eigenvalue weighted by molar-refractivity contribution is 5.93. The molecule has 0 radical (unpaired) electrons. The third-order valence-corrected chi connectivity index (χ3v) is 5.91. The number of amides is 1. The molecule has 2 saturated heterocycles. The number of hydrogen-bond donors (Lipinski definition) is 0. The minimum absolute atomic E-state index is 0.230. The largest absolute Gasteiger partial charge is 0.381 e. The molecule has 2 heterocycles. The van der Waals surface area contributed by atoms with E-state index in [-0.39, 0.29) is 5.91 Å². The van der Waals surface area contributed by atoms with Gasteiger partial charge in [0.15, 0.2) is 0 Å². The Bertz CT molecular complexity index is 716. The minimum Gasteiger partial charge on any atom is -0.381 e. The second-order valence-corrected chi connectivity index (χ2v) is 8.08. The first-order valence-electron chi connectivity index (χ1n) is 11.5. The maximum Gasteiger partial charge on any atom is 0.226 e. The Morgan fingerprint density at radius 3 is 2.10 bits per heavy atom. The van der Waals surface area contributed by atoms with E-state index in [2.05, 4.69) is 47.4 Å². The lowest BCUT2D eigenvalue weighted by molar-refractivity contribution is -0.119. The number of likely N-dealkylation sites (tertiary alicyclic amines) is 1. The van der Waals surface area contributed by atoms with Crippen LogP contribution in [-0.2, 0) is 16.0 Å². The van der Waals surface area contributed by atoms with Gasteiger partial charge in [-0.25, -0.2) is 0 Å². The standard InChI is InChI=1S/C22H28N2O.C4H8O/c1-2-22(25)24(20-11-7-4-8-12-20)21-14-17-23(18-15-21)16-13-19-9-5-3-6-10-19;1-2-4-5-3-1/h3-12,21H,2,13-18H2,1H3;1-4H2. The molecule has 30 heavy (non-hydrogen) atoms. The van der Waals surface area contributed by atoms with Crippen LogP contribution in [0.3, 0.4) is 0 Å². The zero-order valence-corrected chi connectivity index (χ0v) is 18.3. The average molecular weight is 409 g/mol. The van der Waals surface area contributed by atoms with Crippen molar-refractivity contribution >= 4 is 11.6 Å². The number of carbonyl (C=O) groups excluding carboxylic acids is 1. The van der Waals surface area contributed by atoms with Crippen LogP contribution in [-0.4, -0.2) is 49.7 Å². The van der Waals surface area contributed by atoms with Crippen molar-refractivity contribution in [1.29, 1.82) is 0 Å². The van der Waals surface area contributed by atoms with E-state index < -0.39 is 0 Å². The van der Waals surface area contributed by atoms with Crippen molar-refractivity contribution in [1.82, 2.24) is 4.90 Å². The number of rotatable bonds is 6. The lowest BCUT2D eigenvalue weighted by Crippen LogP contribution is -2.47. The molecule has 0 unspecified atom stereocenters.